The largest absolute Gasteiger partial charge is 0.342 e. The summed E-state index contributed by atoms with van der Waals surface area (Å²) in [5.41, 5.74) is 2.24. The molecule has 1 amide bonds. The van der Waals surface area contributed by atoms with Crippen LogP contribution >= 0.6 is 12.4 Å². The summed E-state index contributed by atoms with van der Waals surface area (Å²) < 4.78 is 0. The number of aryl methyl sites for hydroxylation is 1. The summed E-state index contributed by atoms with van der Waals surface area (Å²) in [4.78, 5) is 15.6. The minimum atomic E-state index is -0.265. The molecular weight excluding hydrogens is 320 g/mol. The van der Waals surface area contributed by atoms with E-state index in [1.165, 1.54) is 30.4 Å². The lowest BCUT2D eigenvalue weighted by molar-refractivity contribution is -0.138. The highest BCUT2D eigenvalue weighted by atomic mass is 35.5. The van der Waals surface area contributed by atoms with Crippen LogP contribution in [-0.4, -0.2) is 37.5 Å². The van der Waals surface area contributed by atoms with Gasteiger partial charge in [-0.15, -0.1) is 12.4 Å². The van der Waals surface area contributed by atoms with Crippen molar-refractivity contribution >= 4 is 18.3 Å². The van der Waals surface area contributed by atoms with Crippen LogP contribution in [0.15, 0.2) is 24.3 Å². The van der Waals surface area contributed by atoms with Gasteiger partial charge >= 0.3 is 0 Å². The number of rotatable bonds is 4. The fourth-order valence-electron chi connectivity index (χ4n) is 4.50. The molecule has 1 aromatic carbocycles. The van der Waals surface area contributed by atoms with E-state index >= 15 is 0 Å². The van der Waals surface area contributed by atoms with E-state index in [1.54, 1.807) is 0 Å². The first kappa shape index (κ1) is 19.3. The molecule has 3 rings (SSSR count). The average Bonchev–Trinajstić information content (AvgIpc) is 3.04. The van der Waals surface area contributed by atoms with Gasteiger partial charge in [0.2, 0.25) is 5.91 Å². The van der Waals surface area contributed by atoms with E-state index in [4.69, 9.17) is 0 Å². The smallest absolute Gasteiger partial charge is 0.233 e. The molecule has 1 heterocycles. The lowest BCUT2D eigenvalue weighted by atomic mass is 9.68. The molecule has 1 unspecified atom stereocenters. The molecule has 3 nitrogen and oxygen atoms in total. The molecule has 2 fully saturated rings. The minimum absolute atomic E-state index is 0. The summed E-state index contributed by atoms with van der Waals surface area (Å²) in [5.74, 6) is 1.00. The Kier molecular flexibility index (Phi) is 6.70. The van der Waals surface area contributed by atoms with Crippen LogP contribution in [0.3, 0.4) is 0 Å². The van der Waals surface area contributed by atoms with Gasteiger partial charge in [-0.2, -0.15) is 0 Å². The number of hydrogen-bond donors (Lipinski definition) is 1. The molecule has 0 bridgehead atoms. The standard InChI is InChI=1S/C20H30N2O.ClH/c1-16-7-6-8-18(13-16)20(10-4-3-5-11-20)19(23)22-12-9-17(15-22)14-21-2;/h6-8,13,17,21H,3-5,9-12,14-15H2,1-2H3;1H. The molecule has 2 aliphatic rings. The molecule has 24 heavy (non-hydrogen) atoms. The van der Waals surface area contributed by atoms with Crippen molar-refractivity contribution in [2.24, 2.45) is 5.92 Å². The highest BCUT2D eigenvalue weighted by Gasteiger charge is 2.44. The molecule has 4 heteroatoms. The number of benzene rings is 1. The zero-order valence-electron chi connectivity index (χ0n) is 15.0. The number of likely N-dealkylation sites (tertiary alicyclic amines) is 1. The molecule has 0 radical (unpaired) electrons. The minimum Gasteiger partial charge on any atom is -0.342 e. The van der Waals surface area contributed by atoms with Crippen LogP contribution in [0.25, 0.3) is 0 Å². The van der Waals surface area contributed by atoms with E-state index < -0.39 is 0 Å². The Hall–Kier alpha value is -1.06. The van der Waals surface area contributed by atoms with Crippen LogP contribution in [0.5, 0.6) is 0 Å². The van der Waals surface area contributed by atoms with Crippen LogP contribution in [0.2, 0.25) is 0 Å². The molecule has 1 aliphatic heterocycles. The van der Waals surface area contributed by atoms with Crippen molar-refractivity contribution in [2.75, 3.05) is 26.7 Å². The maximum atomic E-state index is 13.5. The third kappa shape index (κ3) is 3.78. The quantitative estimate of drug-likeness (QED) is 0.898. The summed E-state index contributed by atoms with van der Waals surface area (Å²) in [7, 11) is 2.00. The van der Waals surface area contributed by atoms with Gasteiger partial charge in [-0.3, -0.25) is 4.79 Å². The maximum Gasteiger partial charge on any atom is 0.233 e. The monoisotopic (exact) mass is 350 g/mol. The van der Waals surface area contributed by atoms with Gasteiger partial charge < -0.3 is 10.2 Å². The van der Waals surface area contributed by atoms with Crippen molar-refractivity contribution in [1.29, 1.82) is 0 Å². The molecule has 1 saturated carbocycles. The van der Waals surface area contributed by atoms with Crippen molar-refractivity contribution in [3.63, 3.8) is 0 Å². The van der Waals surface area contributed by atoms with Gasteiger partial charge in [0.15, 0.2) is 0 Å². The highest BCUT2D eigenvalue weighted by molar-refractivity contribution is 5.88. The van der Waals surface area contributed by atoms with E-state index in [1.807, 2.05) is 7.05 Å². The fourth-order valence-corrected chi connectivity index (χ4v) is 4.50. The second kappa shape index (κ2) is 8.35. The van der Waals surface area contributed by atoms with E-state index in [-0.39, 0.29) is 17.8 Å². The molecule has 1 atom stereocenters. The molecule has 134 valence electrons. The van der Waals surface area contributed by atoms with Gasteiger partial charge in [-0.05, 0) is 51.3 Å². The van der Waals surface area contributed by atoms with Gasteiger partial charge in [0.05, 0.1) is 5.41 Å². The van der Waals surface area contributed by atoms with Crippen molar-refractivity contribution < 1.29 is 4.79 Å². The van der Waals surface area contributed by atoms with E-state index in [9.17, 15) is 4.79 Å². The van der Waals surface area contributed by atoms with E-state index in [0.29, 0.717) is 11.8 Å². The van der Waals surface area contributed by atoms with Crippen molar-refractivity contribution in [1.82, 2.24) is 10.2 Å². The zero-order valence-corrected chi connectivity index (χ0v) is 15.8. The number of halogens is 1. The molecule has 1 N–H and O–H groups in total. The Morgan fingerprint density at radius 2 is 2.04 bits per heavy atom. The Labute approximate surface area is 152 Å². The summed E-state index contributed by atoms with van der Waals surface area (Å²) in [5, 5.41) is 3.26. The number of carbonyl (C=O) groups is 1. The molecule has 1 aromatic rings. The Bertz CT molecular complexity index is 554. The first-order chi connectivity index (χ1) is 11.2. The van der Waals surface area contributed by atoms with Crippen LogP contribution < -0.4 is 5.32 Å². The first-order valence-corrected chi connectivity index (χ1v) is 9.17. The number of nitrogens with zero attached hydrogens (tertiary/aromatic N) is 1. The van der Waals surface area contributed by atoms with Gasteiger partial charge in [-0.25, -0.2) is 0 Å². The highest BCUT2D eigenvalue weighted by Crippen LogP contribution is 2.42. The van der Waals surface area contributed by atoms with Gasteiger partial charge in [-0.1, -0.05) is 49.1 Å². The molecular formula is C20H31ClN2O. The Morgan fingerprint density at radius 1 is 1.29 bits per heavy atom. The van der Waals surface area contributed by atoms with Crippen LogP contribution in [0, 0.1) is 12.8 Å². The number of nitrogens with one attached hydrogen (secondary N) is 1. The van der Waals surface area contributed by atoms with Crippen LogP contribution in [0.4, 0.5) is 0 Å². The Morgan fingerprint density at radius 3 is 2.71 bits per heavy atom. The van der Waals surface area contributed by atoms with Gasteiger partial charge in [0, 0.05) is 13.1 Å². The van der Waals surface area contributed by atoms with Gasteiger partial charge in [0.25, 0.3) is 0 Å². The van der Waals surface area contributed by atoms with Crippen molar-refractivity contribution in [3.05, 3.63) is 35.4 Å². The molecule has 0 spiro atoms. The van der Waals surface area contributed by atoms with Crippen LogP contribution in [-0.2, 0) is 10.2 Å². The predicted molar refractivity (Wildman–Crippen MR) is 102 cm³/mol. The first-order valence-electron chi connectivity index (χ1n) is 9.17. The third-order valence-electron chi connectivity index (χ3n) is 5.75. The fraction of sp³-hybridized carbons (Fsp3) is 0.650. The summed E-state index contributed by atoms with van der Waals surface area (Å²) in [6.07, 6.45) is 6.78. The molecule has 0 aromatic heterocycles. The average molecular weight is 351 g/mol. The molecule has 1 saturated heterocycles. The van der Waals surface area contributed by atoms with E-state index in [2.05, 4.69) is 41.4 Å². The molecule has 1 aliphatic carbocycles. The zero-order chi connectivity index (χ0) is 16.3. The normalized spacial score (nSPS) is 22.9. The number of hydrogen-bond acceptors (Lipinski definition) is 2. The lowest BCUT2D eigenvalue weighted by Gasteiger charge is -2.39. The third-order valence-corrected chi connectivity index (χ3v) is 5.75. The Balaban J connectivity index is 0.00000208. The predicted octanol–water partition coefficient (Wildman–Crippen LogP) is 3.69. The van der Waals surface area contributed by atoms with Gasteiger partial charge in [0.1, 0.15) is 0 Å². The maximum absolute atomic E-state index is 13.5. The topological polar surface area (TPSA) is 32.3 Å². The second-order valence-electron chi connectivity index (χ2n) is 7.48. The van der Waals surface area contributed by atoms with Crippen molar-refractivity contribution in [2.45, 2.75) is 50.9 Å². The lowest BCUT2D eigenvalue weighted by Crippen LogP contribution is -2.47. The number of carbonyl (C=O) groups excluding carboxylic acids is 1. The second-order valence-corrected chi connectivity index (χ2v) is 7.48. The summed E-state index contributed by atoms with van der Waals surface area (Å²) in [6.45, 7) is 5.00. The van der Waals surface area contributed by atoms with E-state index in [0.717, 1.165) is 38.9 Å². The number of amides is 1. The summed E-state index contributed by atoms with van der Waals surface area (Å²) >= 11 is 0. The SMILES string of the molecule is CNCC1CCN(C(=O)C2(c3cccc(C)c3)CCCCC2)C1.Cl. The van der Waals surface area contributed by atoms with Crippen molar-refractivity contribution in [3.8, 4) is 0 Å². The van der Waals surface area contributed by atoms with Crippen LogP contribution in [0.1, 0.15) is 49.7 Å². The summed E-state index contributed by atoms with van der Waals surface area (Å²) in [6, 6.07) is 8.66.